The van der Waals surface area contributed by atoms with Gasteiger partial charge in [-0.1, -0.05) is 10.7 Å². The molecule has 0 N–H and O–H groups in total. The van der Waals surface area contributed by atoms with Crippen molar-refractivity contribution in [1.82, 2.24) is 9.78 Å². The summed E-state index contributed by atoms with van der Waals surface area (Å²) in [5.74, 6) is 0. The standard InChI is InChI=1S/C7H7FN3/c8-5-11-7-3-1-2-4-10(7)6-9-11/h1-4,6H,5H2/q+1. The number of hydrogen-bond acceptors (Lipinski definition) is 1. The number of nitrogens with zero attached hydrogens (tertiary/aromatic N) is 3. The summed E-state index contributed by atoms with van der Waals surface area (Å²) in [6.07, 6.45) is 3.41. The van der Waals surface area contributed by atoms with Gasteiger partial charge < -0.3 is 0 Å². The minimum absolute atomic E-state index is 0.583. The van der Waals surface area contributed by atoms with Gasteiger partial charge in [-0.25, -0.2) is 8.79 Å². The molecule has 0 spiro atoms. The molecule has 4 heteroatoms. The van der Waals surface area contributed by atoms with Crippen LogP contribution in [0.1, 0.15) is 0 Å². The molecule has 0 fully saturated rings. The Labute approximate surface area is 62.7 Å². The average Bonchev–Trinajstić information content (AvgIpc) is 2.47. The van der Waals surface area contributed by atoms with E-state index in [4.69, 9.17) is 0 Å². The van der Waals surface area contributed by atoms with Crippen molar-refractivity contribution in [3.63, 3.8) is 0 Å². The molecule has 0 aliphatic heterocycles. The Balaban J connectivity index is 2.76. The molecule has 3 nitrogen and oxygen atoms in total. The molecule has 0 bridgehead atoms. The van der Waals surface area contributed by atoms with E-state index in [1.165, 1.54) is 4.68 Å². The van der Waals surface area contributed by atoms with E-state index >= 15 is 0 Å². The third kappa shape index (κ3) is 0.869. The summed E-state index contributed by atoms with van der Waals surface area (Å²) in [6.45, 7) is -0.583. The van der Waals surface area contributed by atoms with Crippen LogP contribution in [0.25, 0.3) is 5.65 Å². The van der Waals surface area contributed by atoms with Gasteiger partial charge in [0.15, 0.2) is 0 Å². The number of alkyl halides is 1. The Morgan fingerprint density at radius 3 is 3.27 bits per heavy atom. The van der Waals surface area contributed by atoms with E-state index in [1.54, 1.807) is 10.7 Å². The molecule has 56 valence electrons. The van der Waals surface area contributed by atoms with E-state index in [0.29, 0.717) is 0 Å². The predicted molar refractivity (Wildman–Crippen MR) is 36.5 cm³/mol. The van der Waals surface area contributed by atoms with E-state index in [9.17, 15) is 4.39 Å². The molecule has 2 aromatic heterocycles. The second-order valence-electron chi connectivity index (χ2n) is 2.22. The van der Waals surface area contributed by atoms with E-state index in [0.717, 1.165) is 5.65 Å². The first-order chi connectivity index (χ1) is 5.42. The van der Waals surface area contributed by atoms with E-state index in [2.05, 4.69) is 5.10 Å². The number of halogens is 1. The van der Waals surface area contributed by atoms with Crippen LogP contribution in [-0.2, 0) is 6.80 Å². The number of hydrogen-bond donors (Lipinski definition) is 0. The maximum Gasteiger partial charge on any atom is 0.270 e. The second-order valence-corrected chi connectivity index (χ2v) is 2.22. The van der Waals surface area contributed by atoms with Gasteiger partial charge in [-0.05, 0) is 6.07 Å². The number of pyridine rings is 1. The summed E-state index contributed by atoms with van der Waals surface area (Å²) in [6, 6.07) is 5.53. The molecule has 0 atom stereocenters. The van der Waals surface area contributed by atoms with Gasteiger partial charge in [0.1, 0.15) is 0 Å². The van der Waals surface area contributed by atoms with Gasteiger partial charge in [-0.2, -0.15) is 0 Å². The highest BCUT2D eigenvalue weighted by Crippen LogP contribution is 1.94. The molecule has 11 heavy (non-hydrogen) atoms. The van der Waals surface area contributed by atoms with Gasteiger partial charge in [-0.3, -0.25) is 0 Å². The van der Waals surface area contributed by atoms with Crippen LogP contribution in [0.4, 0.5) is 4.39 Å². The maximum atomic E-state index is 12.2. The molecule has 0 saturated heterocycles. The molecule has 0 aromatic carbocycles. The Kier molecular flexibility index (Phi) is 1.31. The fraction of sp³-hybridized carbons (Fsp3) is 0.143. The van der Waals surface area contributed by atoms with Crippen molar-refractivity contribution in [2.45, 2.75) is 6.80 Å². The van der Waals surface area contributed by atoms with Crippen LogP contribution in [0.2, 0.25) is 0 Å². The van der Waals surface area contributed by atoms with Crippen LogP contribution >= 0.6 is 0 Å². The zero-order chi connectivity index (χ0) is 7.68. The third-order valence-electron chi connectivity index (χ3n) is 1.56. The van der Waals surface area contributed by atoms with Gasteiger partial charge in [-0.15, -0.1) is 0 Å². The zero-order valence-corrected chi connectivity index (χ0v) is 5.81. The lowest BCUT2D eigenvalue weighted by Gasteiger charge is -1.84. The molecular weight excluding hydrogens is 145 g/mol. The van der Waals surface area contributed by atoms with Crippen molar-refractivity contribution in [1.29, 1.82) is 0 Å². The number of rotatable bonds is 1. The van der Waals surface area contributed by atoms with Crippen LogP contribution in [0, 0.1) is 0 Å². The van der Waals surface area contributed by atoms with Crippen molar-refractivity contribution in [2.75, 3.05) is 0 Å². The smallest absolute Gasteiger partial charge is 0.206 e. The first-order valence-corrected chi connectivity index (χ1v) is 3.29. The van der Waals surface area contributed by atoms with Crippen molar-refractivity contribution in [3.05, 3.63) is 30.7 Å². The quantitative estimate of drug-likeness (QED) is 0.547. The second kappa shape index (κ2) is 2.30. The largest absolute Gasteiger partial charge is 0.270 e. The topological polar surface area (TPSA) is 21.9 Å². The summed E-state index contributed by atoms with van der Waals surface area (Å²) in [4.78, 5) is 0. The molecule has 0 saturated carbocycles. The summed E-state index contributed by atoms with van der Waals surface area (Å²) >= 11 is 0. The summed E-state index contributed by atoms with van der Waals surface area (Å²) in [5.41, 5.74) is 0.759. The van der Waals surface area contributed by atoms with Crippen LogP contribution in [0.15, 0.2) is 30.7 Å². The zero-order valence-electron chi connectivity index (χ0n) is 5.81. The monoisotopic (exact) mass is 152 g/mol. The SMILES string of the molecule is FCn1nc[n+]2ccccc12. The summed E-state index contributed by atoms with van der Waals surface area (Å²) in [7, 11) is 0. The minimum atomic E-state index is -0.583. The number of aromatic nitrogens is 3. The molecule has 0 amide bonds. The molecule has 0 aliphatic carbocycles. The van der Waals surface area contributed by atoms with Crippen LogP contribution in [-0.4, -0.2) is 9.78 Å². The Hall–Kier alpha value is -1.45. The fourth-order valence-electron chi connectivity index (χ4n) is 1.03. The van der Waals surface area contributed by atoms with Crippen LogP contribution < -0.4 is 4.40 Å². The van der Waals surface area contributed by atoms with Crippen LogP contribution in [0.3, 0.4) is 0 Å². The average molecular weight is 152 g/mol. The van der Waals surface area contributed by atoms with Gasteiger partial charge in [0.25, 0.3) is 12.0 Å². The summed E-state index contributed by atoms with van der Waals surface area (Å²) in [5, 5.41) is 3.82. The molecule has 2 rings (SSSR count). The third-order valence-corrected chi connectivity index (χ3v) is 1.56. The highest BCUT2D eigenvalue weighted by Gasteiger charge is 2.07. The van der Waals surface area contributed by atoms with Crippen molar-refractivity contribution < 1.29 is 8.79 Å². The lowest BCUT2D eigenvalue weighted by molar-refractivity contribution is -0.512. The molecular formula is C7H7FN3+. The molecule has 2 aromatic rings. The lowest BCUT2D eigenvalue weighted by Crippen LogP contribution is -2.17. The van der Waals surface area contributed by atoms with Crippen LogP contribution in [0.5, 0.6) is 0 Å². The van der Waals surface area contributed by atoms with Gasteiger partial charge in [0.2, 0.25) is 6.80 Å². The highest BCUT2D eigenvalue weighted by molar-refractivity contribution is 5.27. The van der Waals surface area contributed by atoms with Gasteiger partial charge in [0, 0.05) is 11.2 Å². The Bertz CT molecular complexity index is 368. The molecule has 2 heterocycles. The summed E-state index contributed by atoms with van der Waals surface area (Å²) < 4.78 is 15.2. The van der Waals surface area contributed by atoms with E-state index in [-0.39, 0.29) is 0 Å². The van der Waals surface area contributed by atoms with Crippen molar-refractivity contribution >= 4 is 5.65 Å². The Morgan fingerprint density at radius 1 is 1.55 bits per heavy atom. The van der Waals surface area contributed by atoms with Crippen molar-refractivity contribution in [2.24, 2.45) is 0 Å². The minimum Gasteiger partial charge on any atom is -0.206 e. The normalized spacial score (nSPS) is 10.6. The Morgan fingerprint density at radius 2 is 2.45 bits per heavy atom. The van der Waals surface area contributed by atoms with E-state index in [1.807, 2.05) is 24.4 Å². The number of fused-ring (bicyclic) bond motifs is 1. The van der Waals surface area contributed by atoms with Gasteiger partial charge >= 0.3 is 0 Å². The first kappa shape index (κ1) is 6.27. The maximum absolute atomic E-state index is 12.2. The molecule has 0 radical (unpaired) electrons. The lowest BCUT2D eigenvalue weighted by atomic mass is 10.5. The fourth-order valence-corrected chi connectivity index (χ4v) is 1.03. The first-order valence-electron chi connectivity index (χ1n) is 3.29. The van der Waals surface area contributed by atoms with Crippen molar-refractivity contribution in [3.8, 4) is 0 Å². The molecule has 0 unspecified atom stereocenters. The van der Waals surface area contributed by atoms with E-state index < -0.39 is 6.80 Å². The molecule has 0 aliphatic rings. The highest BCUT2D eigenvalue weighted by atomic mass is 19.1. The van der Waals surface area contributed by atoms with Gasteiger partial charge in [0.05, 0.1) is 6.20 Å². The predicted octanol–water partition coefficient (Wildman–Crippen LogP) is 0.549.